The maximum atomic E-state index is 8.00. The van der Waals surface area contributed by atoms with E-state index < -0.39 is 0 Å². The summed E-state index contributed by atoms with van der Waals surface area (Å²) in [4.78, 5) is 8.00. The SMILES string of the molecule is O=N[O-].[Co].[NH4+].[NH4+]. The van der Waals surface area contributed by atoms with E-state index in [4.69, 9.17) is 10.1 Å². The first-order valence-corrected chi connectivity index (χ1v) is 0.365. The van der Waals surface area contributed by atoms with E-state index in [0.29, 0.717) is 0 Å². The maximum Gasteiger partial charge on any atom is 0 e. The molecule has 0 aliphatic rings. The molecule has 0 rings (SSSR count). The molecule has 0 bridgehead atoms. The summed E-state index contributed by atoms with van der Waals surface area (Å²) >= 11 is 0. The zero-order valence-corrected chi connectivity index (χ0v) is 4.64. The van der Waals surface area contributed by atoms with Crippen LogP contribution in [-0.4, -0.2) is 0 Å². The largest absolute Gasteiger partial charge is 0.444 e. The van der Waals surface area contributed by atoms with Gasteiger partial charge in [0, 0.05) is 16.8 Å². The normalized spacial score (nSPS) is 2.00. The Morgan fingerprint density at radius 1 is 1.33 bits per heavy atom. The molecular formula is H8CoN3O2+. The molecular weight excluding hydrogens is 133 g/mol. The minimum absolute atomic E-state index is 0. The summed E-state index contributed by atoms with van der Waals surface area (Å²) in [6, 6.07) is 0. The molecule has 0 unspecified atom stereocenters. The molecule has 0 saturated heterocycles. The fourth-order valence-corrected chi connectivity index (χ4v) is 0. The number of hydrogen-bond donors (Lipinski definition) is 2. The van der Waals surface area contributed by atoms with Gasteiger partial charge >= 0.3 is 0 Å². The van der Waals surface area contributed by atoms with E-state index in [-0.39, 0.29) is 29.1 Å². The van der Waals surface area contributed by atoms with E-state index in [1.165, 1.54) is 0 Å². The van der Waals surface area contributed by atoms with E-state index in [2.05, 4.69) is 0 Å². The first kappa shape index (κ1) is 40.7. The van der Waals surface area contributed by atoms with Gasteiger partial charge < -0.3 is 22.4 Å². The van der Waals surface area contributed by atoms with E-state index in [1.807, 2.05) is 0 Å². The van der Waals surface area contributed by atoms with Gasteiger partial charge in [-0.05, 0) is 0 Å². The van der Waals surface area contributed by atoms with Crippen molar-refractivity contribution >= 4 is 0 Å². The van der Waals surface area contributed by atoms with Gasteiger partial charge in [-0.1, -0.05) is 0 Å². The molecule has 0 aliphatic carbocycles. The van der Waals surface area contributed by atoms with Crippen LogP contribution in [0.25, 0.3) is 0 Å². The molecule has 6 heteroatoms. The summed E-state index contributed by atoms with van der Waals surface area (Å²) in [6.45, 7) is 0. The van der Waals surface area contributed by atoms with Gasteiger partial charge in [-0.15, -0.1) is 5.34 Å². The van der Waals surface area contributed by atoms with Crippen molar-refractivity contribution in [3.63, 3.8) is 0 Å². The van der Waals surface area contributed by atoms with Gasteiger partial charge in [0.25, 0.3) is 0 Å². The van der Waals surface area contributed by atoms with Crippen LogP contribution in [0, 0.1) is 10.1 Å². The van der Waals surface area contributed by atoms with Crippen LogP contribution in [0.2, 0.25) is 0 Å². The Labute approximate surface area is 45.4 Å². The smallest absolute Gasteiger partial charge is 0 e. The number of hydrogen-bond acceptors (Lipinski definition) is 3. The van der Waals surface area contributed by atoms with Crippen molar-refractivity contribution in [1.82, 2.24) is 12.3 Å². The van der Waals surface area contributed by atoms with Crippen LogP contribution >= 0.6 is 0 Å². The van der Waals surface area contributed by atoms with Gasteiger partial charge in [0.15, 0.2) is 0 Å². The van der Waals surface area contributed by atoms with Gasteiger partial charge in [-0.3, -0.25) is 0 Å². The van der Waals surface area contributed by atoms with E-state index in [1.54, 1.807) is 0 Å². The molecule has 0 amide bonds. The van der Waals surface area contributed by atoms with E-state index in [0.717, 1.165) is 5.34 Å². The second-order valence-corrected chi connectivity index (χ2v) is 0.0745. The van der Waals surface area contributed by atoms with Crippen LogP contribution in [0.15, 0.2) is 5.34 Å². The number of rotatable bonds is 0. The van der Waals surface area contributed by atoms with Crippen molar-refractivity contribution in [2.75, 3.05) is 0 Å². The van der Waals surface area contributed by atoms with Crippen LogP contribution in [0.4, 0.5) is 0 Å². The molecule has 0 atom stereocenters. The van der Waals surface area contributed by atoms with Crippen molar-refractivity contribution in [2.45, 2.75) is 0 Å². The third-order valence-electron chi connectivity index (χ3n) is 0. The Hall–Kier alpha value is -0.174. The summed E-state index contributed by atoms with van der Waals surface area (Å²) in [7, 11) is 0. The fourth-order valence-electron chi connectivity index (χ4n) is 0. The predicted octanol–water partition coefficient (Wildman–Crippen LogP) is 1.00. The number of nitrogens with zero attached hydrogens (tertiary/aromatic N) is 1. The molecule has 0 aromatic rings. The molecule has 0 heterocycles. The standard InChI is InChI=1S/Co.HNO2.2H3N/c;2-1-3;;/h;(H,2,3);2*1H3/p+1. The summed E-state index contributed by atoms with van der Waals surface area (Å²) in [5.74, 6) is 0. The summed E-state index contributed by atoms with van der Waals surface area (Å²) in [5.41, 5.74) is 0. The Balaban J connectivity index is -0.00000000667. The molecule has 0 spiro atoms. The predicted molar refractivity (Wildman–Crippen MR) is 21.1 cm³/mol. The Morgan fingerprint density at radius 2 is 1.33 bits per heavy atom. The van der Waals surface area contributed by atoms with Crippen molar-refractivity contribution < 1.29 is 16.8 Å². The van der Waals surface area contributed by atoms with Crippen molar-refractivity contribution in [1.29, 1.82) is 0 Å². The maximum absolute atomic E-state index is 8.00. The molecule has 0 saturated carbocycles. The third kappa shape index (κ3) is 1020. The van der Waals surface area contributed by atoms with Gasteiger partial charge in [0.1, 0.15) is 0 Å². The molecule has 0 aromatic heterocycles. The average molecular weight is 141 g/mol. The van der Waals surface area contributed by atoms with Crippen LogP contribution in [-0.2, 0) is 16.8 Å². The minimum Gasteiger partial charge on any atom is -0.444 e. The van der Waals surface area contributed by atoms with E-state index in [9.17, 15) is 0 Å². The first-order chi connectivity index (χ1) is 1.41. The second kappa shape index (κ2) is 103. The average Bonchev–Trinajstić information content (AvgIpc) is 0.918. The summed E-state index contributed by atoms with van der Waals surface area (Å²) in [5, 5.41) is 9.00. The first-order valence-electron chi connectivity index (χ1n) is 0.365. The molecule has 0 aliphatic heterocycles. The van der Waals surface area contributed by atoms with E-state index >= 15 is 0 Å². The molecule has 0 aromatic carbocycles. The van der Waals surface area contributed by atoms with Crippen molar-refractivity contribution in [3.8, 4) is 0 Å². The van der Waals surface area contributed by atoms with Crippen LogP contribution in [0.5, 0.6) is 0 Å². The van der Waals surface area contributed by atoms with Gasteiger partial charge in [-0.2, -0.15) is 0 Å². The monoisotopic (exact) mass is 141 g/mol. The number of quaternary nitrogens is 2. The fraction of sp³-hybridized carbons (Fsp3) is 0. The van der Waals surface area contributed by atoms with Crippen LogP contribution in [0.1, 0.15) is 0 Å². The molecule has 6 heavy (non-hydrogen) atoms. The van der Waals surface area contributed by atoms with Crippen LogP contribution in [0.3, 0.4) is 0 Å². The molecule has 0 fully saturated rings. The molecule has 43 valence electrons. The Bertz CT molecular complexity index is 16.3. The third-order valence-corrected chi connectivity index (χ3v) is 0. The topological polar surface area (TPSA) is 125 Å². The second-order valence-electron chi connectivity index (χ2n) is 0.0745. The quantitative estimate of drug-likeness (QED) is 0.385. The molecule has 1 radical (unpaired) electrons. The summed E-state index contributed by atoms with van der Waals surface area (Å²) < 4.78 is 0. The van der Waals surface area contributed by atoms with Gasteiger partial charge in [-0.25, -0.2) is 0 Å². The molecule has 8 N–H and O–H groups in total. The van der Waals surface area contributed by atoms with Crippen LogP contribution < -0.4 is 12.3 Å². The minimum atomic E-state index is 0. The zero-order valence-electron chi connectivity index (χ0n) is 3.60. The van der Waals surface area contributed by atoms with Gasteiger partial charge in [0.2, 0.25) is 0 Å². The van der Waals surface area contributed by atoms with Crippen molar-refractivity contribution in [3.05, 3.63) is 10.1 Å². The molecule has 5 nitrogen and oxygen atoms in total. The van der Waals surface area contributed by atoms with Gasteiger partial charge in [0.05, 0.1) is 0 Å². The van der Waals surface area contributed by atoms with Crippen molar-refractivity contribution in [2.24, 2.45) is 5.34 Å². The Morgan fingerprint density at radius 3 is 1.33 bits per heavy atom. The Kier molecular flexibility index (Phi) is 702. The zero-order chi connectivity index (χ0) is 2.71. The summed E-state index contributed by atoms with van der Waals surface area (Å²) in [6.07, 6.45) is 0.